The summed E-state index contributed by atoms with van der Waals surface area (Å²) in [7, 11) is 1.82. The van der Waals surface area contributed by atoms with Gasteiger partial charge in [-0.15, -0.1) is 0 Å². The fourth-order valence-electron chi connectivity index (χ4n) is 3.15. The molecule has 0 spiro atoms. The Kier molecular flexibility index (Phi) is 5.01. The fourth-order valence-corrected chi connectivity index (χ4v) is 3.15. The smallest absolute Gasteiger partial charge is 0.106 e. The number of piperidine rings is 1. The van der Waals surface area contributed by atoms with Crippen LogP contribution in [0.25, 0.3) is 0 Å². The molecule has 2 aliphatic rings. The lowest BCUT2D eigenvalue weighted by molar-refractivity contribution is -0.0456. The summed E-state index contributed by atoms with van der Waals surface area (Å²) in [6.07, 6.45) is 3.61. The van der Waals surface area contributed by atoms with Crippen LogP contribution in [-0.4, -0.2) is 62.5 Å². The SMILES string of the molecule is COC1(CN2CCCC(NC(C)C)C2)CCOC1. The minimum atomic E-state index is -0.0558. The second-order valence-corrected chi connectivity index (χ2v) is 6.09. The summed E-state index contributed by atoms with van der Waals surface area (Å²) in [4.78, 5) is 2.54. The van der Waals surface area contributed by atoms with Crippen LogP contribution >= 0.6 is 0 Å². The molecule has 2 atom stereocenters. The highest BCUT2D eigenvalue weighted by Crippen LogP contribution is 2.25. The first-order valence-corrected chi connectivity index (χ1v) is 7.25. The molecule has 18 heavy (non-hydrogen) atoms. The van der Waals surface area contributed by atoms with E-state index < -0.39 is 0 Å². The lowest BCUT2D eigenvalue weighted by Crippen LogP contribution is -2.53. The molecule has 2 fully saturated rings. The Bertz CT molecular complexity index is 252. The second-order valence-electron chi connectivity index (χ2n) is 6.09. The van der Waals surface area contributed by atoms with E-state index in [1.54, 1.807) is 0 Å². The minimum absolute atomic E-state index is 0.0558. The van der Waals surface area contributed by atoms with E-state index in [1.165, 1.54) is 19.4 Å². The molecule has 0 radical (unpaired) electrons. The molecule has 0 aromatic rings. The molecule has 2 saturated heterocycles. The first kappa shape index (κ1) is 14.3. The Morgan fingerprint density at radius 1 is 1.50 bits per heavy atom. The number of ether oxygens (including phenoxy) is 2. The van der Waals surface area contributed by atoms with Crippen LogP contribution in [0.3, 0.4) is 0 Å². The van der Waals surface area contributed by atoms with Crippen molar-refractivity contribution >= 4 is 0 Å². The zero-order chi connectivity index (χ0) is 13.0. The molecule has 0 aliphatic carbocycles. The van der Waals surface area contributed by atoms with Crippen molar-refractivity contribution in [3.8, 4) is 0 Å². The predicted molar refractivity (Wildman–Crippen MR) is 72.9 cm³/mol. The van der Waals surface area contributed by atoms with Gasteiger partial charge in [0.15, 0.2) is 0 Å². The maximum atomic E-state index is 5.73. The van der Waals surface area contributed by atoms with E-state index in [2.05, 4.69) is 24.1 Å². The summed E-state index contributed by atoms with van der Waals surface area (Å²) in [6.45, 7) is 9.39. The van der Waals surface area contributed by atoms with Gasteiger partial charge in [-0.2, -0.15) is 0 Å². The maximum absolute atomic E-state index is 5.73. The first-order chi connectivity index (χ1) is 8.63. The molecule has 0 bridgehead atoms. The molecule has 2 aliphatic heterocycles. The van der Waals surface area contributed by atoms with Gasteiger partial charge in [0.1, 0.15) is 5.60 Å². The fraction of sp³-hybridized carbons (Fsp3) is 1.00. The third-order valence-electron chi connectivity index (χ3n) is 4.09. The Morgan fingerprint density at radius 3 is 2.94 bits per heavy atom. The van der Waals surface area contributed by atoms with Crippen LogP contribution in [0.2, 0.25) is 0 Å². The first-order valence-electron chi connectivity index (χ1n) is 7.25. The minimum Gasteiger partial charge on any atom is -0.378 e. The molecule has 2 heterocycles. The Labute approximate surface area is 111 Å². The summed E-state index contributed by atoms with van der Waals surface area (Å²) in [5.74, 6) is 0. The van der Waals surface area contributed by atoms with E-state index in [-0.39, 0.29) is 5.60 Å². The average molecular weight is 256 g/mol. The van der Waals surface area contributed by atoms with Crippen molar-refractivity contribution in [1.29, 1.82) is 0 Å². The van der Waals surface area contributed by atoms with Crippen LogP contribution in [0, 0.1) is 0 Å². The number of rotatable bonds is 5. The highest BCUT2D eigenvalue weighted by Gasteiger charge is 2.37. The number of nitrogens with zero attached hydrogens (tertiary/aromatic N) is 1. The Balaban J connectivity index is 1.85. The number of likely N-dealkylation sites (tertiary alicyclic amines) is 1. The monoisotopic (exact) mass is 256 g/mol. The van der Waals surface area contributed by atoms with E-state index in [0.717, 1.165) is 32.7 Å². The maximum Gasteiger partial charge on any atom is 0.106 e. The zero-order valence-electron chi connectivity index (χ0n) is 12.1. The zero-order valence-corrected chi connectivity index (χ0v) is 12.1. The largest absolute Gasteiger partial charge is 0.378 e. The van der Waals surface area contributed by atoms with Gasteiger partial charge in [-0.1, -0.05) is 13.8 Å². The van der Waals surface area contributed by atoms with Crippen molar-refractivity contribution in [1.82, 2.24) is 10.2 Å². The highest BCUT2D eigenvalue weighted by molar-refractivity contribution is 4.90. The van der Waals surface area contributed by atoms with Crippen molar-refractivity contribution in [2.24, 2.45) is 0 Å². The van der Waals surface area contributed by atoms with Crippen LogP contribution in [0.15, 0.2) is 0 Å². The molecule has 0 aromatic heterocycles. The summed E-state index contributed by atoms with van der Waals surface area (Å²) < 4.78 is 11.2. The lowest BCUT2D eigenvalue weighted by atomic mass is 9.99. The van der Waals surface area contributed by atoms with Crippen LogP contribution in [-0.2, 0) is 9.47 Å². The molecule has 106 valence electrons. The molecule has 4 nitrogen and oxygen atoms in total. The number of hydrogen-bond acceptors (Lipinski definition) is 4. The van der Waals surface area contributed by atoms with Crippen molar-refractivity contribution in [3.05, 3.63) is 0 Å². The molecule has 2 unspecified atom stereocenters. The average Bonchev–Trinajstić information content (AvgIpc) is 2.78. The Hall–Kier alpha value is -0.160. The quantitative estimate of drug-likeness (QED) is 0.803. The lowest BCUT2D eigenvalue weighted by Gasteiger charge is -2.39. The van der Waals surface area contributed by atoms with Gasteiger partial charge in [-0.05, 0) is 19.4 Å². The van der Waals surface area contributed by atoms with Gasteiger partial charge in [-0.3, -0.25) is 4.90 Å². The van der Waals surface area contributed by atoms with Crippen molar-refractivity contribution in [2.75, 3.05) is 40.0 Å². The third-order valence-corrected chi connectivity index (χ3v) is 4.09. The number of methoxy groups -OCH3 is 1. The van der Waals surface area contributed by atoms with Crippen molar-refractivity contribution < 1.29 is 9.47 Å². The molecule has 0 saturated carbocycles. The molecule has 1 N–H and O–H groups in total. The topological polar surface area (TPSA) is 33.7 Å². The van der Waals surface area contributed by atoms with Crippen LogP contribution < -0.4 is 5.32 Å². The summed E-state index contributed by atoms with van der Waals surface area (Å²) in [5.41, 5.74) is -0.0558. The van der Waals surface area contributed by atoms with Gasteiger partial charge in [0, 0.05) is 45.3 Å². The van der Waals surface area contributed by atoms with E-state index in [0.29, 0.717) is 12.1 Å². The molecule has 2 rings (SSSR count). The van der Waals surface area contributed by atoms with Crippen molar-refractivity contribution in [2.45, 2.75) is 50.8 Å². The summed E-state index contributed by atoms with van der Waals surface area (Å²) in [6, 6.07) is 1.20. The molecular weight excluding hydrogens is 228 g/mol. The normalized spacial score (nSPS) is 34.3. The van der Waals surface area contributed by atoms with E-state index in [4.69, 9.17) is 9.47 Å². The van der Waals surface area contributed by atoms with Crippen LogP contribution in [0.5, 0.6) is 0 Å². The van der Waals surface area contributed by atoms with Crippen molar-refractivity contribution in [3.63, 3.8) is 0 Å². The van der Waals surface area contributed by atoms with Gasteiger partial charge in [0.05, 0.1) is 6.61 Å². The van der Waals surface area contributed by atoms with Gasteiger partial charge < -0.3 is 14.8 Å². The predicted octanol–water partition coefficient (Wildman–Crippen LogP) is 1.25. The molecular formula is C14H28N2O2. The number of nitrogens with one attached hydrogen (secondary N) is 1. The van der Waals surface area contributed by atoms with E-state index >= 15 is 0 Å². The summed E-state index contributed by atoms with van der Waals surface area (Å²) >= 11 is 0. The third kappa shape index (κ3) is 3.67. The highest BCUT2D eigenvalue weighted by atomic mass is 16.5. The molecule has 0 aromatic carbocycles. The van der Waals surface area contributed by atoms with Gasteiger partial charge in [-0.25, -0.2) is 0 Å². The van der Waals surface area contributed by atoms with Crippen LogP contribution in [0.1, 0.15) is 33.1 Å². The number of hydrogen-bond donors (Lipinski definition) is 1. The Morgan fingerprint density at radius 2 is 2.33 bits per heavy atom. The summed E-state index contributed by atoms with van der Waals surface area (Å²) in [5, 5.41) is 3.65. The van der Waals surface area contributed by atoms with E-state index in [1.807, 2.05) is 7.11 Å². The van der Waals surface area contributed by atoms with Gasteiger partial charge in [0.2, 0.25) is 0 Å². The van der Waals surface area contributed by atoms with E-state index in [9.17, 15) is 0 Å². The van der Waals surface area contributed by atoms with Crippen LogP contribution in [0.4, 0.5) is 0 Å². The molecule has 0 amide bonds. The second kappa shape index (κ2) is 6.33. The standard InChI is InChI=1S/C14H28N2O2/c1-12(2)15-13-5-4-7-16(9-13)10-14(17-3)6-8-18-11-14/h12-13,15H,4-11H2,1-3H3. The molecule has 4 heteroatoms. The van der Waals surface area contributed by atoms with Gasteiger partial charge >= 0.3 is 0 Å². The van der Waals surface area contributed by atoms with Gasteiger partial charge in [0.25, 0.3) is 0 Å².